The molecule has 2 aromatic rings. The van der Waals surface area contributed by atoms with Gasteiger partial charge in [0, 0.05) is 12.7 Å². The van der Waals surface area contributed by atoms with E-state index in [2.05, 4.69) is 36.9 Å². The van der Waals surface area contributed by atoms with E-state index in [-0.39, 0.29) is 0 Å². The van der Waals surface area contributed by atoms with Crippen LogP contribution in [0.3, 0.4) is 0 Å². The SMILES string of the molecule is Brc1cncnc1N1CCCOc2ccccc21. The van der Waals surface area contributed by atoms with Crippen molar-refractivity contribution in [2.45, 2.75) is 6.42 Å². The Balaban J connectivity index is 2.10. The Bertz CT molecular complexity index is 561. The summed E-state index contributed by atoms with van der Waals surface area (Å²) in [6.45, 7) is 1.61. The summed E-state index contributed by atoms with van der Waals surface area (Å²) in [4.78, 5) is 10.5. The standard InChI is InChI=1S/C13H12BrN3O/c14-10-8-15-9-16-13(10)17-6-3-7-18-12-5-2-1-4-11(12)17/h1-2,4-5,8-9H,3,6-7H2. The monoisotopic (exact) mass is 305 g/mol. The summed E-state index contributed by atoms with van der Waals surface area (Å²) in [6.07, 6.45) is 4.29. The molecule has 0 bridgehead atoms. The molecule has 1 aromatic heterocycles. The molecule has 0 amide bonds. The van der Waals surface area contributed by atoms with E-state index in [0.29, 0.717) is 0 Å². The van der Waals surface area contributed by atoms with Crippen LogP contribution < -0.4 is 9.64 Å². The third kappa shape index (κ3) is 2.06. The zero-order valence-corrected chi connectivity index (χ0v) is 11.3. The van der Waals surface area contributed by atoms with Crippen LogP contribution in [0.25, 0.3) is 0 Å². The predicted molar refractivity (Wildman–Crippen MR) is 73.3 cm³/mol. The fraction of sp³-hybridized carbons (Fsp3) is 0.231. The summed E-state index contributed by atoms with van der Waals surface area (Å²) in [6, 6.07) is 8.03. The van der Waals surface area contributed by atoms with Crippen LogP contribution >= 0.6 is 15.9 Å². The largest absolute Gasteiger partial charge is 0.491 e. The van der Waals surface area contributed by atoms with Gasteiger partial charge < -0.3 is 9.64 Å². The molecule has 0 atom stereocenters. The molecule has 0 saturated carbocycles. The van der Waals surface area contributed by atoms with Gasteiger partial charge in [0.2, 0.25) is 0 Å². The van der Waals surface area contributed by atoms with E-state index in [4.69, 9.17) is 4.74 Å². The average molecular weight is 306 g/mol. The minimum Gasteiger partial charge on any atom is -0.491 e. The summed E-state index contributed by atoms with van der Waals surface area (Å²) in [7, 11) is 0. The van der Waals surface area contributed by atoms with Gasteiger partial charge in [0.25, 0.3) is 0 Å². The number of para-hydroxylation sites is 2. The number of anilines is 2. The van der Waals surface area contributed by atoms with E-state index >= 15 is 0 Å². The molecule has 0 fully saturated rings. The van der Waals surface area contributed by atoms with E-state index in [9.17, 15) is 0 Å². The van der Waals surface area contributed by atoms with E-state index in [1.165, 1.54) is 0 Å². The van der Waals surface area contributed by atoms with Crippen molar-refractivity contribution in [3.8, 4) is 5.75 Å². The maximum atomic E-state index is 5.74. The van der Waals surface area contributed by atoms with E-state index in [1.807, 2.05) is 18.2 Å². The first-order valence-corrected chi connectivity index (χ1v) is 6.60. The molecule has 0 radical (unpaired) electrons. The number of fused-ring (bicyclic) bond motifs is 1. The van der Waals surface area contributed by atoms with Crippen molar-refractivity contribution in [3.63, 3.8) is 0 Å². The summed E-state index contributed by atoms with van der Waals surface area (Å²) in [5, 5.41) is 0. The lowest BCUT2D eigenvalue weighted by Crippen LogP contribution is -2.19. The van der Waals surface area contributed by atoms with E-state index in [0.717, 1.165) is 41.3 Å². The van der Waals surface area contributed by atoms with Crippen LogP contribution in [0.1, 0.15) is 6.42 Å². The number of hydrogen-bond donors (Lipinski definition) is 0. The van der Waals surface area contributed by atoms with Gasteiger partial charge in [-0.3, -0.25) is 0 Å². The van der Waals surface area contributed by atoms with Crippen molar-refractivity contribution < 1.29 is 4.74 Å². The zero-order chi connectivity index (χ0) is 12.4. The summed E-state index contributed by atoms with van der Waals surface area (Å²) in [5.74, 6) is 1.78. The van der Waals surface area contributed by atoms with Gasteiger partial charge in [0.05, 0.1) is 16.8 Å². The highest BCUT2D eigenvalue weighted by Crippen LogP contribution is 2.37. The van der Waals surface area contributed by atoms with Gasteiger partial charge in [0.15, 0.2) is 5.82 Å². The highest BCUT2D eigenvalue weighted by atomic mass is 79.9. The van der Waals surface area contributed by atoms with Crippen LogP contribution in [0.15, 0.2) is 41.3 Å². The van der Waals surface area contributed by atoms with Gasteiger partial charge in [-0.15, -0.1) is 0 Å². The van der Waals surface area contributed by atoms with Crippen LogP contribution in [0.4, 0.5) is 11.5 Å². The first kappa shape index (κ1) is 11.5. The molecular weight excluding hydrogens is 294 g/mol. The highest BCUT2D eigenvalue weighted by molar-refractivity contribution is 9.10. The van der Waals surface area contributed by atoms with Crippen LogP contribution in [-0.2, 0) is 0 Å². The van der Waals surface area contributed by atoms with Crippen molar-refractivity contribution in [3.05, 3.63) is 41.3 Å². The van der Waals surface area contributed by atoms with Crippen molar-refractivity contribution in [1.82, 2.24) is 9.97 Å². The molecule has 1 aliphatic heterocycles. The fourth-order valence-corrected chi connectivity index (χ4v) is 2.49. The molecule has 3 rings (SSSR count). The minimum atomic E-state index is 0.732. The lowest BCUT2D eigenvalue weighted by atomic mass is 10.2. The number of rotatable bonds is 1. The molecule has 1 aromatic carbocycles. The number of halogens is 1. The Morgan fingerprint density at radius 2 is 2.17 bits per heavy atom. The average Bonchev–Trinajstić information content (AvgIpc) is 2.62. The van der Waals surface area contributed by atoms with Crippen LogP contribution in [0, 0.1) is 0 Å². The van der Waals surface area contributed by atoms with Crippen LogP contribution in [0.2, 0.25) is 0 Å². The summed E-state index contributed by atoms with van der Waals surface area (Å²) < 4.78 is 6.63. The van der Waals surface area contributed by atoms with Gasteiger partial charge in [-0.05, 0) is 34.5 Å². The number of hydrogen-bond acceptors (Lipinski definition) is 4. The Morgan fingerprint density at radius 3 is 3.06 bits per heavy atom. The smallest absolute Gasteiger partial charge is 0.150 e. The summed E-state index contributed by atoms with van der Waals surface area (Å²) >= 11 is 3.50. The third-order valence-electron chi connectivity index (χ3n) is 2.84. The van der Waals surface area contributed by atoms with Gasteiger partial charge in [0.1, 0.15) is 12.1 Å². The zero-order valence-electron chi connectivity index (χ0n) is 9.71. The van der Waals surface area contributed by atoms with Crippen molar-refractivity contribution in [1.29, 1.82) is 0 Å². The molecule has 2 heterocycles. The Kier molecular flexibility index (Phi) is 3.15. The fourth-order valence-electron chi connectivity index (χ4n) is 2.05. The Morgan fingerprint density at radius 1 is 1.28 bits per heavy atom. The number of aromatic nitrogens is 2. The van der Waals surface area contributed by atoms with Gasteiger partial charge in [-0.25, -0.2) is 9.97 Å². The molecule has 5 heteroatoms. The van der Waals surface area contributed by atoms with Crippen molar-refractivity contribution >= 4 is 27.4 Å². The Hall–Kier alpha value is -1.62. The minimum absolute atomic E-state index is 0.732. The summed E-state index contributed by atoms with van der Waals surface area (Å²) in [5.41, 5.74) is 1.05. The number of ether oxygens (including phenoxy) is 1. The quantitative estimate of drug-likeness (QED) is 0.811. The molecule has 0 unspecified atom stereocenters. The molecule has 92 valence electrons. The molecule has 0 spiro atoms. The maximum Gasteiger partial charge on any atom is 0.150 e. The number of nitrogens with zero attached hydrogens (tertiary/aromatic N) is 3. The topological polar surface area (TPSA) is 38.2 Å². The normalized spacial score (nSPS) is 14.6. The third-order valence-corrected chi connectivity index (χ3v) is 3.40. The Labute approximate surface area is 114 Å². The van der Waals surface area contributed by atoms with Crippen molar-refractivity contribution in [2.24, 2.45) is 0 Å². The van der Waals surface area contributed by atoms with Crippen molar-refractivity contribution in [2.75, 3.05) is 18.1 Å². The number of benzene rings is 1. The van der Waals surface area contributed by atoms with Gasteiger partial charge in [-0.1, -0.05) is 12.1 Å². The first-order valence-electron chi connectivity index (χ1n) is 5.81. The molecular formula is C13H12BrN3O. The van der Waals surface area contributed by atoms with Gasteiger partial charge >= 0.3 is 0 Å². The highest BCUT2D eigenvalue weighted by Gasteiger charge is 2.20. The molecule has 0 N–H and O–H groups in total. The second kappa shape index (κ2) is 4.94. The second-order valence-electron chi connectivity index (χ2n) is 4.02. The lowest BCUT2D eigenvalue weighted by molar-refractivity contribution is 0.322. The molecule has 0 saturated heterocycles. The predicted octanol–water partition coefficient (Wildman–Crippen LogP) is 3.16. The molecule has 4 nitrogen and oxygen atoms in total. The van der Waals surface area contributed by atoms with E-state index in [1.54, 1.807) is 12.5 Å². The lowest BCUT2D eigenvalue weighted by Gasteiger charge is -2.23. The first-order chi connectivity index (χ1) is 8.86. The molecule has 0 aliphatic carbocycles. The van der Waals surface area contributed by atoms with Gasteiger partial charge in [-0.2, -0.15) is 0 Å². The van der Waals surface area contributed by atoms with E-state index < -0.39 is 0 Å². The molecule has 18 heavy (non-hydrogen) atoms. The molecule has 1 aliphatic rings. The van der Waals surface area contributed by atoms with Crippen LogP contribution in [-0.4, -0.2) is 23.1 Å². The second-order valence-corrected chi connectivity index (χ2v) is 4.87. The maximum absolute atomic E-state index is 5.74. The van der Waals surface area contributed by atoms with Crippen LogP contribution in [0.5, 0.6) is 5.75 Å².